The van der Waals surface area contributed by atoms with Crippen LogP contribution < -0.4 is 0 Å². The molecule has 0 aliphatic heterocycles. The molecule has 1 aromatic heterocycles. The van der Waals surface area contributed by atoms with E-state index in [0.29, 0.717) is 6.42 Å². The number of hydrogen-bond acceptors (Lipinski definition) is 3. The van der Waals surface area contributed by atoms with Gasteiger partial charge in [-0.15, -0.1) is 0 Å². The number of ketones is 1. The molecule has 0 amide bonds. The van der Waals surface area contributed by atoms with Crippen LogP contribution in [0.5, 0.6) is 0 Å². The minimum absolute atomic E-state index is 0.148. The smallest absolute Gasteiger partial charge is 0.164 e. The zero-order chi connectivity index (χ0) is 11.3. The van der Waals surface area contributed by atoms with E-state index in [-0.39, 0.29) is 5.78 Å². The van der Waals surface area contributed by atoms with E-state index >= 15 is 0 Å². The summed E-state index contributed by atoms with van der Waals surface area (Å²) in [5.41, 5.74) is 1.66. The van der Waals surface area contributed by atoms with E-state index in [1.807, 2.05) is 44.3 Å². The molecule has 1 aromatic rings. The zero-order valence-electron chi connectivity index (χ0n) is 9.40. The molecule has 0 fully saturated rings. The summed E-state index contributed by atoms with van der Waals surface area (Å²) < 4.78 is 0. The molecule has 0 aliphatic rings. The molecule has 0 aromatic carbocycles. The Morgan fingerprint density at radius 1 is 1.40 bits per heavy atom. The molecule has 0 aliphatic carbocycles. The Balaban J connectivity index is 3.08. The molecule has 80 valence electrons. The van der Waals surface area contributed by atoms with Gasteiger partial charge in [0.2, 0.25) is 0 Å². The summed E-state index contributed by atoms with van der Waals surface area (Å²) in [4.78, 5) is 17.6. The Morgan fingerprint density at radius 2 is 2.00 bits per heavy atom. The number of aromatic nitrogens is 1. The molecule has 3 heteroatoms. The zero-order valence-corrected chi connectivity index (χ0v) is 9.40. The maximum absolute atomic E-state index is 11.7. The highest BCUT2D eigenvalue weighted by Gasteiger charge is 2.09. The Morgan fingerprint density at radius 3 is 2.47 bits per heavy atom. The van der Waals surface area contributed by atoms with Crippen LogP contribution in [0.3, 0.4) is 0 Å². The molecule has 0 saturated heterocycles. The van der Waals surface area contributed by atoms with Crippen molar-refractivity contribution >= 4 is 11.4 Å². The van der Waals surface area contributed by atoms with Crippen molar-refractivity contribution in [3.05, 3.63) is 36.3 Å². The van der Waals surface area contributed by atoms with Gasteiger partial charge in [-0.1, -0.05) is 6.92 Å². The van der Waals surface area contributed by atoms with Crippen LogP contribution in [-0.2, 0) is 4.79 Å². The first-order valence-corrected chi connectivity index (χ1v) is 4.97. The number of Topliss-reactive ketones (excluding diaryl/α,β-unsaturated/α-hetero) is 1. The van der Waals surface area contributed by atoms with Gasteiger partial charge in [0, 0.05) is 44.7 Å². The lowest BCUT2D eigenvalue weighted by atomic mass is 10.0. The predicted molar refractivity (Wildman–Crippen MR) is 61.2 cm³/mol. The number of carbonyl (C=O) groups is 1. The standard InChI is InChI=1S/C12H16N2O/c1-4-12(15)11(9-14(2)3)10-5-7-13-8-6-10/h5-9H,4H2,1-3H3/b11-9-. The Kier molecular flexibility index (Phi) is 4.03. The van der Waals surface area contributed by atoms with E-state index in [4.69, 9.17) is 0 Å². The molecule has 0 atom stereocenters. The first-order chi connectivity index (χ1) is 7.15. The highest BCUT2D eigenvalue weighted by Crippen LogP contribution is 2.16. The summed E-state index contributed by atoms with van der Waals surface area (Å²) in [6, 6.07) is 3.70. The number of allylic oxidation sites excluding steroid dienone is 1. The third-order valence-corrected chi connectivity index (χ3v) is 2.00. The molecule has 0 unspecified atom stereocenters. The highest BCUT2D eigenvalue weighted by molar-refractivity contribution is 6.20. The van der Waals surface area contributed by atoms with Crippen LogP contribution in [0, 0.1) is 0 Å². The summed E-state index contributed by atoms with van der Waals surface area (Å²) in [5.74, 6) is 0.148. The largest absolute Gasteiger partial charge is 0.383 e. The Bertz CT molecular complexity index is 355. The summed E-state index contributed by atoms with van der Waals surface area (Å²) in [6.45, 7) is 1.87. The quantitative estimate of drug-likeness (QED) is 0.703. The molecule has 1 rings (SSSR count). The first-order valence-electron chi connectivity index (χ1n) is 4.97. The van der Waals surface area contributed by atoms with Crippen molar-refractivity contribution < 1.29 is 4.79 Å². The van der Waals surface area contributed by atoms with Crippen molar-refractivity contribution in [3.63, 3.8) is 0 Å². The average molecular weight is 204 g/mol. The molecule has 0 spiro atoms. The number of nitrogens with zero attached hydrogens (tertiary/aromatic N) is 2. The lowest BCUT2D eigenvalue weighted by Crippen LogP contribution is -2.08. The fourth-order valence-electron chi connectivity index (χ4n) is 1.29. The van der Waals surface area contributed by atoms with Crippen molar-refractivity contribution in [2.24, 2.45) is 0 Å². The van der Waals surface area contributed by atoms with Crippen molar-refractivity contribution in [1.82, 2.24) is 9.88 Å². The third kappa shape index (κ3) is 3.20. The first kappa shape index (κ1) is 11.4. The van der Waals surface area contributed by atoms with Gasteiger partial charge in [-0.2, -0.15) is 0 Å². The van der Waals surface area contributed by atoms with E-state index < -0.39 is 0 Å². The Hall–Kier alpha value is -1.64. The number of hydrogen-bond donors (Lipinski definition) is 0. The van der Waals surface area contributed by atoms with E-state index in [1.165, 1.54) is 0 Å². The van der Waals surface area contributed by atoms with Gasteiger partial charge in [0.15, 0.2) is 5.78 Å². The van der Waals surface area contributed by atoms with Gasteiger partial charge < -0.3 is 4.90 Å². The van der Waals surface area contributed by atoms with Crippen LogP contribution in [0.25, 0.3) is 5.57 Å². The van der Waals surface area contributed by atoms with E-state index in [1.54, 1.807) is 12.4 Å². The third-order valence-electron chi connectivity index (χ3n) is 2.00. The predicted octanol–water partition coefficient (Wildman–Crippen LogP) is 1.96. The molecule has 3 nitrogen and oxygen atoms in total. The van der Waals surface area contributed by atoms with Gasteiger partial charge in [0.05, 0.1) is 0 Å². The summed E-state index contributed by atoms with van der Waals surface area (Å²) >= 11 is 0. The van der Waals surface area contributed by atoms with Crippen LogP contribution in [0.15, 0.2) is 30.7 Å². The maximum Gasteiger partial charge on any atom is 0.164 e. The minimum Gasteiger partial charge on any atom is -0.383 e. The van der Waals surface area contributed by atoms with Crippen molar-refractivity contribution in [1.29, 1.82) is 0 Å². The van der Waals surface area contributed by atoms with Crippen molar-refractivity contribution in [2.75, 3.05) is 14.1 Å². The highest BCUT2D eigenvalue weighted by atomic mass is 16.1. The fourth-order valence-corrected chi connectivity index (χ4v) is 1.29. The lowest BCUT2D eigenvalue weighted by Gasteiger charge is -2.10. The second kappa shape index (κ2) is 5.29. The molecule has 0 bridgehead atoms. The van der Waals surface area contributed by atoms with Gasteiger partial charge in [0.1, 0.15) is 0 Å². The fraction of sp³-hybridized carbons (Fsp3) is 0.333. The average Bonchev–Trinajstić information content (AvgIpc) is 2.26. The number of rotatable bonds is 4. The van der Waals surface area contributed by atoms with Crippen LogP contribution in [0.4, 0.5) is 0 Å². The van der Waals surface area contributed by atoms with Crippen LogP contribution in [0.2, 0.25) is 0 Å². The molecular formula is C12H16N2O. The van der Waals surface area contributed by atoms with Gasteiger partial charge >= 0.3 is 0 Å². The molecule has 15 heavy (non-hydrogen) atoms. The molecule has 1 heterocycles. The lowest BCUT2D eigenvalue weighted by molar-refractivity contribution is -0.113. The van der Waals surface area contributed by atoms with Gasteiger partial charge in [0.25, 0.3) is 0 Å². The number of pyridine rings is 1. The molecule has 0 saturated carbocycles. The maximum atomic E-state index is 11.7. The second-order valence-electron chi connectivity index (χ2n) is 3.52. The topological polar surface area (TPSA) is 33.2 Å². The van der Waals surface area contributed by atoms with Crippen LogP contribution in [0.1, 0.15) is 18.9 Å². The summed E-state index contributed by atoms with van der Waals surface area (Å²) in [5, 5.41) is 0. The van der Waals surface area contributed by atoms with Gasteiger partial charge in [-0.25, -0.2) is 0 Å². The van der Waals surface area contributed by atoms with Gasteiger partial charge in [-0.05, 0) is 17.7 Å². The van der Waals surface area contributed by atoms with Gasteiger partial charge in [-0.3, -0.25) is 9.78 Å². The van der Waals surface area contributed by atoms with Crippen molar-refractivity contribution in [3.8, 4) is 0 Å². The number of carbonyl (C=O) groups excluding carboxylic acids is 1. The van der Waals surface area contributed by atoms with E-state index in [9.17, 15) is 4.79 Å². The van der Waals surface area contributed by atoms with Crippen LogP contribution in [-0.4, -0.2) is 29.8 Å². The monoisotopic (exact) mass is 204 g/mol. The molecule has 0 N–H and O–H groups in total. The SMILES string of the molecule is CCC(=O)/C(=C\N(C)C)c1ccncc1. The normalized spacial score (nSPS) is 11.3. The summed E-state index contributed by atoms with van der Waals surface area (Å²) in [7, 11) is 3.81. The van der Waals surface area contributed by atoms with E-state index in [0.717, 1.165) is 11.1 Å². The Labute approximate surface area is 90.4 Å². The molecular weight excluding hydrogens is 188 g/mol. The van der Waals surface area contributed by atoms with E-state index in [2.05, 4.69) is 4.98 Å². The minimum atomic E-state index is 0.148. The molecule has 0 radical (unpaired) electrons. The summed E-state index contributed by atoms with van der Waals surface area (Å²) in [6.07, 6.45) is 5.76. The van der Waals surface area contributed by atoms with Crippen LogP contribution >= 0.6 is 0 Å². The second-order valence-corrected chi connectivity index (χ2v) is 3.52. The van der Waals surface area contributed by atoms with Crippen molar-refractivity contribution in [2.45, 2.75) is 13.3 Å².